The van der Waals surface area contributed by atoms with Gasteiger partial charge in [-0.3, -0.25) is 9.05 Å². The average Bonchev–Trinajstić information content (AvgIpc) is 1.99. The molecule has 0 aliphatic rings. The van der Waals surface area contributed by atoms with Crippen LogP contribution in [-0.2, 0) is 13.6 Å². The van der Waals surface area contributed by atoms with Crippen LogP contribution in [0.2, 0.25) is 0 Å². The lowest BCUT2D eigenvalue weighted by molar-refractivity contribution is 0.105. The molecule has 0 rings (SSSR count). The predicted molar refractivity (Wildman–Crippen MR) is 62.9 cm³/mol. The lowest BCUT2D eigenvalue weighted by Crippen LogP contribution is -2.28. The minimum atomic E-state index is -3.15. The zero-order valence-electron chi connectivity index (χ0n) is 10.9. The van der Waals surface area contributed by atoms with Crippen molar-refractivity contribution in [2.75, 3.05) is 7.05 Å². The van der Waals surface area contributed by atoms with Crippen LogP contribution < -0.4 is 0 Å². The summed E-state index contributed by atoms with van der Waals surface area (Å²) in [5.74, 6) is 0. The molecule has 0 N–H and O–H groups in total. The fourth-order valence-corrected chi connectivity index (χ4v) is 2.97. The number of hydrogen-bond acceptors (Lipinski definition) is 3. The maximum Gasteiger partial charge on any atom is 0.408 e. The third kappa shape index (κ3) is 5.12. The van der Waals surface area contributed by atoms with E-state index in [-0.39, 0.29) is 18.2 Å². The Morgan fingerprint density at radius 3 is 1.47 bits per heavy atom. The second-order valence-corrected chi connectivity index (χ2v) is 6.43. The van der Waals surface area contributed by atoms with Crippen LogP contribution in [0.3, 0.4) is 0 Å². The van der Waals surface area contributed by atoms with Crippen molar-refractivity contribution in [2.24, 2.45) is 0 Å². The molecule has 0 unspecified atom stereocenters. The van der Waals surface area contributed by atoms with E-state index < -0.39 is 7.75 Å². The van der Waals surface area contributed by atoms with Gasteiger partial charge in [-0.2, -0.15) is 0 Å². The van der Waals surface area contributed by atoms with Crippen LogP contribution in [-0.4, -0.2) is 30.0 Å². The first-order chi connectivity index (χ1) is 6.69. The van der Waals surface area contributed by atoms with Gasteiger partial charge in [0.1, 0.15) is 0 Å². The number of hydrogen-bond donors (Lipinski definition) is 0. The molecule has 92 valence electrons. The first-order valence-electron chi connectivity index (χ1n) is 5.39. The SMILES string of the molecule is CC(C)OP(=O)(OC(C)C)N(C)C(C)C. The normalized spacial score (nSPS) is 13.5. The zero-order valence-corrected chi connectivity index (χ0v) is 11.7. The summed E-state index contributed by atoms with van der Waals surface area (Å²) in [5.41, 5.74) is 0. The van der Waals surface area contributed by atoms with Gasteiger partial charge in [-0.25, -0.2) is 9.24 Å². The maximum absolute atomic E-state index is 12.5. The van der Waals surface area contributed by atoms with Gasteiger partial charge in [0.25, 0.3) is 0 Å². The Balaban J connectivity index is 4.77. The minimum Gasteiger partial charge on any atom is -0.294 e. The Labute approximate surface area is 93.5 Å². The second kappa shape index (κ2) is 6.00. The van der Waals surface area contributed by atoms with Gasteiger partial charge >= 0.3 is 7.75 Å². The first kappa shape index (κ1) is 15.1. The van der Waals surface area contributed by atoms with Crippen LogP contribution in [0.4, 0.5) is 0 Å². The molecule has 0 aromatic rings. The van der Waals surface area contributed by atoms with E-state index in [1.807, 2.05) is 41.5 Å². The van der Waals surface area contributed by atoms with Crippen molar-refractivity contribution < 1.29 is 13.6 Å². The Kier molecular flexibility index (Phi) is 6.04. The number of nitrogens with zero attached hydrogens (tertiary/aromatic N) is 1. The van der Waals surface area contributed by atoms with Gasteiger partial charge < -0.3 is 0 Å². The molecule has 0 saturated heterocycles. The van der Waals surface area contributed by atoms with Crippen LogP contribution in [0.1, 0.15) is 41.5 Å². The van der Waals surface area contributed by atoms with Crippen molar-refractivity contribution in [3.8, 4) is 0 Å². The highest BCUT2D eigenvalue weighted by Crippen LogP contribution is 2.53. The average molecular weight is 237 g/mol. The van der Waals surface area contributed by atoms with Gasteiger partial charge in [0, 0.05) is 6.04 Å². The van der Waals surface area contributed by atoms with Crippen LogP contribution in [0.15, 0.2) is 0 Å². The summed E-state index contributed by atoms with van der Waals surface area (Å²) in [4.78, 5) is 0. The van der Waals surface area contributed by atoms with Crippen LogP contribution >= 0.6 is 7.75 Å². The molecule has 0 aromatic carbocycles. The Morgan fingerprint density at radius 1 is 0.933 bits per heavy atom. The summed E-state index contributed by atoms with van der Waals surface area (Å²) < 4.78 is 25.0. The van der Waals surface area contributed by atoms with Gasteiger partial charge in [0.05, 0.1) is 12.2 Å². The molecule has 0 bridgehead atoms. The van der Waals surface area contributed by atoms with Crippen LogP contribution in [0.25, 0.3) is 0 Å². The molecular formula is C10H24NO3P. The summed E-state index contributed by atoms with van der Waals surface area (Å²) >= 11 is 0. The topological polar surface area (TPSA) is 38.8 Å². The largest absolute Gasteiger partial charge is 0.408 e. The van der Waals surface area contributed by atoms with Crippen molar-refractivity contribution in [1.82, 2.24) is 4.67 Å². The van der Waals surface area contributed by atoms with E-state index >= 15 is 0 Å². The fourth-order valence-electron chi connectivity index (χ4n) is 0.989. The molecule has 0 radical (unpaired) electrons. The molecule has 5 heteroatoms. The predicted octanol–water partition coefficient (Wildman–Crippen LogP) is 3.28. The summed E-state index contributed by atoms with van der Waals surface area (Å²) in [6.45, 7) is 11.3. The van der Waals surface area contributed by atoms with E-state index in [9.17, 15) is 4.57 Å². The highest BCUT2D eigenvalue weighted by atomic mass is 31.2. The summed E-state index contributed by atoms with van der Waals surface area (Å²) in [6, 6.07) is 0.119. The number of rotatable bonds is 6. The highest BCUT2D eigenvalue weighted by Gasteiger charge is 2.34. The van der Waals surface area contributed by atoms with E-state index in [0.29, 0.717) is 0 Å². The van der Waals surface area contributed by atoms with Crippen molar-refractivity contribution in [3.63, 3.8) is 0 Å². The molecule has 0 aliphatic heterocycles. The van der Waals surface area contributed by atoms with Gasteiger partial charge in [-0.05, 0) is 48.6 Å². The molecule has 15 heavy (non-hydrogen) atoms. The molecule has 0 aliphatic carbocycles. The van der Waals surface area contributed by atoms with Crippen molar-refractivity contribution in [2.45, 2.75) is 59.8 Å². The molecule has 0 atom stereocenters. The first-order valence-corrected chi connectivity index (χ1v) is 6.88. The molecule has 0 spiro atoms. The van der Waals surface area contributed by atoms with E-state index in [4.69, 9.17) is 9.05 Å². The lowest BCUT2D eigenvalue weighted by Gasteiger charge is -2.32. The second-order valence-electron chi connectivity index (χ2n) is 4.44. The Morgan fingerprint density at radius 2 is 1.27 bits per heavy atom. The lowest BCUT2D eigenvalue weighted by atomic mass is 10.4. The summed E-state index contributed by atoms with van der Waals surface area (Å²) in [7, 11) is -1.39. The van der Waals surface area contributed by atoms with Crippen LogP contribution in [0.5, 0.6) is 0 Å². The summed E-state index contributed by atoms with van der Waals surface area (Å²) in [5, 5.41) is 0. The van der Waals surface area contributed by atoms with Gasteiger partial charge in [0.15, 0.2) is 0 Å². The van der Waals surface area contributed by atoms with E-state index in [0.717, 1.165) is 0 Å². The van der Waals surface area contributed by atoms with Gasteiger partial charge in [-0.1, -0.05) is 0 Å². The monoisotopic (exact) mass is 237 g/mol. The molecular weight excluding hydrogens is 213 g/mol. The maximum atomic E-state index is 12.5. The quantitative estimate of drug-likeness (QED) is 0.664. The third-order valence-electron chi connectivity index (χ3n) is 1.82. The fraction of sp³-hybridized carbons (Fsp3) is 1.00. The molecule has 0 fully saturated rings. The molecule has 0 heterocycles. The van der Waals surface area contributed by atoms with Crippen molar-refractivity contribution in [1.29, 1.82) is 0 Å². The molecule has 0 amide bonds. The van der Waals surface area contributed by atoms with Gasteiger partial charge in [-0.15, -0.1) is 0 Å². The standard InChI is InChI=1S/C10H24NO3P/c1-8(2)11(7)15(12,13-9(3)4)14-10(5)6/h8-10H,1-7H3. The Bertz CT molecular complexity index is 215. The van der Waals surface area contributed by atoms with Gasteiger partial charge in [0.2, 0.25) is 0 Å². The highest BCUT2D eigenvalue weighted by molar-refractivity contribution is 7.51. The zero-order chi connectivity index (χ0) is 12.2. The van der Waals surface area contributed by atoms with Crippen LogP contribution in [0, 0.1) is 0 Å². The van der Waals surface area contributed by atoms with E-state index in [1.54, 1.807) is 11.7 Å². The van der Waals surface area contributed by atoms with Crippen molar-refractivity contribution >= 4 is 7.75 Å². The van der Waals surface area contributed by atoms with E-state index in [2.05, 4.69) is 0 Å². The molecule has 0 aromatic heterocycles. The summed E-state index contributed by atoms with van der Waals surface area (Å²) in [6.07, 6.45) is -0.230. The minimum absolute atomic E-state index is 0.115. The molecule has 4 nitrogen and oxygen atoms in total. The Hall–Kier alpha value is 0.110. The van der Waals surface area contributed by atoms with Crippen molar-refractivity contribution in [3.05, 3.63) is 0 Å². The third-order valence-corrected chi connectivity index (χ3v) is 4.43. The smallest absolute Gasteiger partial charge is 0.294 e. The molecule has 0 saturated carbocycles. The van der Waals surface area contributed by atoms with E-state index in [1.165, 1.54) is 0 Å².